The number of hydrogen-bond donors (Lipinski definition) is 3. The summed E-state index contributed by atoms with van der Waals surface area (Å²) in [5, 5.41) is 3.17. The van der Waals surface area contributed by atoms with Crippen LogP contribution in [0.25, 0.3) is 0 Å². The summed E-state index contributed by atoms with van der Waals surface area (Å²) in [6.45, 7) is 8.46. The summed E-state index contributed by atoms with van der Waals surface area (Å²) in [6.07, 6.45) is 3.51. The van der Waals surface area contributed by atoms with Gasteiger partial charge in [0.25, 0.3) is 0 Å². The summed E-state index contributed by atoms with van der Waals surface area (Å²) in [5.41, 5.74) is 0.885. The van der Waals surface area contributed by atoms with Crippen molar-refractivity contribution in [2.24, 2.45) is 0 Å². The predicted molar refractivity (Wildman–Crippen MR) is 83.6 cm³/mol. The molecular weight excluding hydrogens is 288 g/mol. The van der Waals surface area contributed by atoms with Gasteiger partial charge < -0.3 is 15.2 Å². The Morgan fingerprint density at radius 3 is 2.95 bits per heavy atom. The predicted octanol–water partition coefficient (Wildman–Crippen LogP) is 0.887. The minimum Gasteiger partial charge on any atom is -0.363 e. The SMILES string of the molecule is CCNCc1cc(S(=O)(=O)NC2CCCN(CC)C2)c[nH]1. The Labute approximate surface area is 127 Å². The number of piperidine rings is 1. The minimum absolute atomic E-state index is 0.0100. The maximum atomic E-state index is 12.4. The summed E-state index contributed by atoms with van der Waals surface area (Å²) < 4.78 is 27.7. The van der Waals surface area contributed by atoms with E-state index in [1.54, 1.807) is 12.3 Å². The van der Waals surface area contributed by atoms with E-state index in [9.17, 15) is 8.42 Å². The van der Waals surface area contributed by atoms with Gasteiger partial charge in [0.2, 0.25) is 10.0 Å². The molecule has 6 nitrogen and oxygen atoms in total. The molecule has 1 aliphatic heterocycles. The fraction of sp³-hybridized carbons (Fsp3) is 0.714. The average Bonchev–Trinajstić information content (AvgIpc) is 2.94. The molecule has 1 unspecified atom stereocenters. The van der Waals surface area contributed by atoms with Crippen LogP contribution >= 0.6 is 0 Å². The summed E-state index contributed by atoms with van der Waals surface area (Å²) in [4.78, 5) is 5.62. The van der Waals surface area contributed by atoms with E-state index in [1.807, 2.05) is 6.92 Å². The van der Waals surface area contributed by atoms with Crippen LogP contribution in [0.15, 0.2) is 17.2 Å². The van der Waals surface area contributed by atoms with E-state index in [-0.39, 0.29) is 6.04 Å². The van der Waals surface area contributed by atoms with E-state index in [0.29, 0.717) is 11.4 Å². The highest BCUT2D eigenvalue weighted by Gasteiger charge is 2.25. The van der Waals surface area contributed by atoms with Gasteiger partial charge in [-0.15, -0.1) is 0 Å². The molecule has 3 N–H and O–H groups in total. The second-order valence-electron chi connectivity index (χ2n) is 5.49. The number of nitrogens with one attached hydrogen (secondary N) is 3. The van der Waals surface area contributed by atoms with E-state index in [0.717, 1.165) is 44.7 Å². The van der Waals surface area contributed by atoms with E-state index in [1.165, 1.54) is 0 Å². The molecule has 7 heteroatoms. The number of nitrogens with zero attached hydrogens (tertiary/aromatic N) is 1. The van der Waals surface area contributed by atoms with E-state index in [4.69, 9.17) is 0 Å². The third-order valence-corrected chi connectivity index (χ3v) is 5.37. The van der Waals surface area contributed by atoms with Gasteiger partial charge in [-0.1, -0.05) is 13.8 Å². The van der Waals surface area contributed by atoms with Crippen molar-refractivity contribution in [3.63, 3.8) is 0 Å². The van der Waals surface area contributed by atoms with Crippen molar-refractivity contribution in [2.75, 3.05) is 26.2 Å². The Morgan fingerprint density at radius 2 is 2.24 bits per heavy atom. The van der Waals surface area contributed by atoms with Crippen molar-refractivity contribution in [3.05, 3.63) is 18.0 Å². The molecule has 1 fully saturated rings. The Bertz CT molecular complexity index is 541. The number of H-pyrrole nitrogens is 1. The summed E-state index contributed by atoms with van der Waals surface area (Å²) in [7, 11) is -3.43. The van der Waals surface area contributed by atoms with Gasteiger partial charge in [0, 0.05) is 31.0 Å². The molecule has 120 valence electrons. The lowest BCUT2D eigenvalue weighted by atomic mass is 10.1. The quantitative estimate of drug-likeness (QED) is 0.698. The van der Waals surface area contributed by atoms with Crippen LogP contribution in [0.1, 0.15) is 32.4 Å². The van der Waals surface area contributed by atoms with Crippen molar-refractivity contribution in [3.8, 4) is 0 Å². The monoisotopic (exact) mass is 314 g/mol. The molecule has 0 aliphatic carbocycles. The van der Waals surface area contributed by atoms with Crippen LogP contribution in [0.2, 0.25) is 0 Å². The Balaban J connectivity index is 1.99. The lowest BCUT2D eigenvalue weighted by Gasteiger charge is -2.31. The van der Waals surface area contributed by atoms with Crippen molar-refractivity contribution < 1.29 is 8.42 Å². The zero-order valence-corrected chi connectivity index (χ0v) is 13.7. The van der Waals surface area contributed by atoms with Crippen LogP contribution in [0.5, 0.6) is 0 Å². The van der Waals surface area contributed by atoms with Gasteiger partial charge in [0.1, 0.15) is 0 Å². The lowest BCUT2D eigenvalue weighted by molar-refractivity contribution is 0.211. The number of likely N-dealkylation sites (tertiary alicyclic amines) is 1. The number of aromatic amines is 1. The Kier molecular flexibility index (Phi) is 5.80. The van der Waals surface area contributed by atoms with Gasteiger partial charge in [0.15, 0.2) is 0 Å². The van der Waals surface area contributed by atoms with Crippen LogP contribution in [0.4, 0.5) is 0 Å². The van der Waals surface area contributed by atoms with Crippen LogP contribution in [-0.2, 0) is 16.6 Å². The van der Waals surface area contributed by atoms with E-state index < -0.39 is 10.0 Å². The van der Waals surface area contributed by atoms with Crippen molar-refractivity contribution >= 4 is 10.0 Å². The number of sulfonamides is 1. The maximum absolute atomic E-state index is 12.4. The van der Waals surface area contributed by atoms with E-state index >= 15 is 0 Å². The molecule has 0 amide bonds. The lowest BCUT2D eigenvalue weighted by Crippen LogP contribution is -2.47. The second kappa shape index (κ2) is 7.40. The Morgan fingerprint density at radius 1 is 1.43 bits per heavy atom. The number of aromatic nitrogens is 1. The fourth-order valence-corrected chi connectivity index (χ4v) is 3.94. The second-order valence-corrected chi connectivity index (χ2v) is 7.21. The van der Waals surface area contributed by atoms with Gasteiger partial charge in [-0.25, -0.2) is 13.1 Å². The highest BCUT2D eigenvalue weighted by atomic mass is 32.2. The molecule has 0 bridgehead atoms. The van der Waals surface area contributed by atoms with Gasteiger partial charge in [0.05, 0.1) is 4.90 Å². The molecule has 0 saturated carbocycles. The van der Waals surface area contributed by atoms with Crippen LogP contribution in [0, 0.1) is 0 Å². The molecule has 0 spiro atoms. The third kappa shape index (κ3) is 4.54. The minimum atomic E-state index is -3.43. The molecule has 0 aromatic carbocycles. The number of likely N-dealkylation sites (N-methyl/N-ethyl adjacent to an activating group) is 1. The largest absolute Gasteiger partial charge is 0.363 e. The number of rotatable bonds is 7. The highest BCUT2D eigenvalue weighted by molar-refractivity contribution is 7.89. The number of hydrogen-bond acceptors (Lipinski definition) is 4. The molecule has 1 aromatic rings. The zero-order chi connectivity index (χ0) is 15.3. The standard InChI is InChI=1S/C14H26N4O2S/c1-3-15-9-13-8-14(10-16-13)21(19,20)17-12-6-5-7-18(4-2)11-12/h8,10,12,15-17H,3-7,9,11H2,1-2H3. The molecule has 21 heavy (non-hydrogen) atoms. The topological polar surface area (TPSA) is 77.2 Å². The van der Waals surface area contributed by atoms with Crippen LogP contribution < -0.4 is 10.0 Å². The summed E-state index contributed by atoms with van der Waals surface area (Å²) >= 11 is 0. The van der Waals surface area contributed by atoms with Crippen molar-refractivity contribution in [2.45, 2.75) is 44.2 Å². The van der Waals surface area contributed by atoms with Gasteiger partial charge in [-0.05, 0) is 38.5 Å². The fourth-order valence-electron chi connectivity index (χ4n) is 2.66. The first-order valence-electron chi connectivity index (χ1n) is 7.68. The first-order chi connectivity index (χ1) is 10.0. The van der Waals surface area contributed by atoms with Gasteiger partial charge in [-0.3, -0.25) is 0 Å². The summed E-state index contributed by atoms with van der Waals surface area (Å²) in [6, 6.07) is 1.71. The first kappa shape index (κ1) is 16.5. The van der Waals surface area contributed by atoms with Gasteiger partial charge in [-0.2, -0.15) is 0 Å². The summed E-state index contributed by atoms with van der Waals surface area (Å²) in [5.74, 6) is 0. The van der Waals surface area contributed by atoms with Gasteiger partial charge >= 0.3 is 0 Å². The molecule has 0 radical (unpaired) electrons. The molecule has 1 aromatic heterocycles. The third-order valence-electron chi connectivity index (χ3n) is 3.87. The molecule has 1 atom stereocenters. The molecule has 1 saturated heterocycles. The molecule has 1 aliphatic rings. The highest BCUT2D eigenvalue weighted by Crippen LogP contribution is 2.15. The molecule has 2 rings (SSSR count). The molecule has 2 heterocycles. The normalized spacial score (nSPS) is 20.8. The van der Waals surface area contributed by atoms with Crippen LogP contribution in [0.3, 0.4) is 0 Å². The van der Waals surface area contributed by atoms with Crippen molar-refractivity contribution in [1.82, 2.24) is 19.9 Å². The van der Waals surface area contributed by atoms with E-state index in [2.05, 4.69) is 26.8 Å². The van der Waals surface area contributed by atoms with Crippen LogP contribution in [-0.4, -0.2) is 50.5 Å². The maximum Gasteiger partial charge on any atom is 0.242 e. The smallest absolute Gasteiger partial charge is 0.242 e. The average molecular weight is 314 g/mol. The first-order valence-corrected chi connectivity index (χ1v) is 9.16. The molecular formula is C14H26N4O2S. The Hall–Kier alpha value is -0.890. The zero-order valence-electron chi connectivity index (χ0n) is 12.9. The van der Waals surface area contributed by atoms with Crippen molar-refractivity contribution in [1.29, 1.82) is 0 Å².